The van der Waals surface area contributed by atoms with Crippen LogP contribution in [0.4, 0.5) is 0 Å². The summed E-state index contributed by atoms with van der Waals surface area (Å²) < 4.78 is 31.1. The van der Waals surface area contributed by atoms with Gasteiger partial charge in [0.2, 0.25) is 5.75 Å². The molecule has 0 radical (unpaired) electrons. The predicted octanol–water partition coefficient (Wildman–Crippen LogP) is 6.14. The minimum Gasteiger partial charge on any atom is -0.493 e. The second kappa shape index (κ2) is 13.3. The number of nitrogens with zero attached hydrogens (tertiary/aromatic N) is 2. The van der Waals surface area contributed by atoms with Crippen LogP contribution in [0.25, 0.3) is 0 Å². The van der Waals surface area contributed by atoms with Crippen molar-refractivity contribution in [3.8, 4) is 40.2 Å². The van der Waals surface area contributed by atoms with E-state index in [1.54, 1.807) is 21.3 Å². The first kappa shape index (κ1) is 32.3. The Morgan fingerprint density at radius 1 is 0.729 bits per heavy atom. The van der Waals surface area contributed by atoms with Gasteiger partial charge in [-0.15, -0.1) is 0 Å². The van der Waals surface area contributed by atoms with Gasteiger partial charge in [-0.25, -0.2) is 0 Å². The molecule has 4 aliphatic rings. The van der Waals surface area contributed by atoms with E-state index in [4.69, 9.17) is 23.7 Å². The molecule has 0 unspecified atom stereocenters. The molecule has 2 N–H and O–H groups in total. The Kier molecular flexibility index (Phi) is 8.96. The number of hydrogen-bond acceptors (Lipinski definition) is 9. The van der Waals surface area contributed by atoms with E-state index in [2.05, 4.69) is 54.2 Å². The van der Waals surface area contributed by atoms with Crippen LogP contribution in [0.2, 0.25) is 0 Å². The Hall–Kier alpha value is -4.28. The summed E-state index contributed by atoms with van der Waals surface area (Å²) in [7, 11) is 9.11. The topological polar surface area (TPSA) is 93.1 Å². The fraction of sp³-hybridized carbons (Fsp3) is 0.385. The van der Waals surface area contributed by atoms with Crippen molar-refractivity contribution < 1.29 is 33.9 Å². The van der Waals surface area contributed by atoms with Crippen molar-refractivity contribution in [1.29, 1.82) is 0 Å². The average molecular weight is 653 g/mol. The highest BCUT2D eigenvalue weighted by atomic mass is 16.5. The summed E-state index contributed by atoms with van der Waals surface area (Å²) in [6, 6.07) is 18.5. The van der Waals surface area contributed by atoms with Crippen LogP contribution in [0.15, 0.2) is 54.6 Å². The van der Waals surface area contributed by atoms with Gasteiger partial charge in [-0.05, 0) is 104 Å². The molecule has 4 aromatic carbocycles. The number of methoxy groups -OCH3 is 3. The molecule has 0 aliphatic carbocycles. The Morgan fingerprint density at radius 2 is 1.44 bits per heavy atom. The number of benzene rings is 4. The zero-order valence-corrected chi connectivity index (χ0v) is 28.3. The molecular weight excluding hydrogens is 608 g/mol. The number of ether oxygens (including phenoxy) is 5. The van der Waals surface area contributed by atoms with Gasteiger partial charge in [-0.3, -0.25) is 9.80 Å². The molecule has 8 rings (SSSR count). The van der Waals surface area contributed by atoms with E-state index in [1.165, 1.54) is 16.7 Å². The molecule has 0 aromatic heterocycles. The zero-order chi connectivity index (χ0) is 33.5. The van der Waals surface area contributed by atoms with Gasteiger partial charge in [-0.2, -0.15) is 0 Å². The molecule has 4 aliphatic heterocycles. The third-order valence-corrected chi connectivity index (χ3v) is 10.3. The van der Waals surface area contributed by atoms with Crippen LogP contribution in [0.1, 0.15) is 56.6 Å². The fourth-order valence-corrected chi connectivity index (χ4v) is 7.73. The molecule has 6 bridgehead atoms. The lowest BCUT2D eigenvalue weighted by Crippen LogP contribution is -2.35. The summed E-state index contributed by atoms with van der Waals surface area (Å²) in [6.07, 6.45) is 3.01. The van der Waals surface area contributed by atoms with E-state index in [1.807, 2.05) is 24.3 Å². The Bertz CT molecular complexity index is 1820. The van der Waals surface area contributed by atoms with Crippen molar-refractivity contribution >= 4 is 0 Å². The highest BCUT2D eigenvalue weighted by Gasteiger charge is 2.37. The highest BCUT2D eigenvalue weighted by molar-refractivity contribution is 5.67. The minimum atomic E-state index is -0.202. The van der Waals surface area contributed by atoms with Gasteiger partial charge >= 0.3 is 0 Å². The molecule has 0 fully saturated rings. The molecule has 252 valence electrons. The minimum absolute atomic E-state index is 0.104. The zero-order valence-electron chi connectivity index (χ0n) is 28.3. The molecule has 48 heavy (non-hydrogen) atoms. The molecule has 9 heteroatoms. The van der Waals surface area contributed by atoms with Gasteiger partial charge in [0.25, 0.3) is 0 Å². The summed E-state index contributed by atoms with van der Waals surface area (Å²) in [5.41, 5.74) is 7.99. The number of hydrogen-bond donors (Lipinski definition) is 2. The Labute approximate surface area is 282 Å². The summed E-state index contributed by atoms with van der Waals surface area (Å²) >= 11 is 0. The van der Waals surface area contributed by atoms with Crippen molar-refractivity contribution in [2.24, 2.45) is 0 Å². The van der Waals surface area contributed by atoms with Crippen molar-refractivity contribution in [2.75, 3.05) is 48.5 Å². The summed E-state index contributed by atoms with van der Waals surface area (Å²) in [6.45, 7) is 1.32. The molecule has 0 saturated carbocycles. The maximum atomic E-state index is 10.7. The largest absolute Gasteiger partial charge is 0.493 e. The van der Waals surface area contributed by atoms with E-state index in [0.717, 1.165) is 53.9 Å². The summed E-state index contributed by atoms with van der Waals surface area (Å²) in [5.74, 6) is 4.03. The van der Waals surface area contributed by atoms with Crippen LogP contribution in [-0.2, 0) is 38.9 Å². The second-order valence-electron chi connectivity index (χ2n) is 13.0. The van der Waals surface area contributed by atoms with E-state index in [0.29, 0.717) is 52.9 Å². The number of rotatable bonds is 5. The van der Waals surface area contributed by atoms with Crippen LogP contribution in [-0.4, -0.2) is 68.5 Å². The number of likely N-dealkylation sites (N-methyl/N-ethyl adjacent to an activating group) is 2. The quantitative estimate of drug-likeness (QED) is 0.264. The van der Waals surface area contributed by atoms with E-state index < -0.39 is 0 Å². The molecular formula is C39H44N2O7. The van der Waals surface area contributed by atoms with Crippen LogP contribution < -0.4 is 23.7 Å². The number of fused-ring (bicyclic) bond motifs is 2. The van der Waals surface area contributed by atoms with Crippen LogP contribution >= 0.6 is 0 Å². The van der Waals surface area contributed by atoms with Gasteiger partial charge in [-0.1, -0.05) is 18.2 Å². The molecule has 0 amide bonds. The molecule has 4 aromatic rings. The standard InChI is InChI=1S/C39H44N2O7/c1-40-14-12-25-19-26(21-42)34-20-29(25)31(40)16-23-6-9-27(10-7-23)47-35-18-24(8-11-33(35)44-3)17-32-36-28(13-15-41(32)2)30(22-43)37(45-4)39(46-5)38(36)48-34/h6-11,18-20,31-32,42-43H,12-17,21-22H2,1-5H3/t31-,32-/m0/s1. The SMILES string of the molecule is COc1ccc2cc1Oc1ccc(cc1)C[C@H]1c3cc(c(CO)cc3CCN1C)Oc1c(OC)c(OC)c(CO)c3c1[C@H](C2)N(C)CC3. The van der Waals surface area contributed by atoms with Crippen molar-refractivity contribution in [3.63, 3.8) is 0 Å². The van der Waals surface area contributed by atoms with Crippen molar-refractivity contribution in [2.45, 2.75) is 51.0 Å². The van der Waals surface area contributed by atoms with Gasteiger partial charge in [0.05, 0.1) is 34.5 Å². The number of aliphatic hydroxyl groups is 2. The lowest BCUT2D eigenvalue weighted by Gasteiger charge is -2.38. The summed E-state index contributed by atoms with van der Waals surface area (Å²) in [5, 5.41) is 21.4. The van der Waals surface area contributed by atoms with Crippen LogP contribution in [0.3, 0.4) is 0 Å². The smallest absolute Gasteiger partial charge is 0.204 e. The van der Waals surface area contributed by atoms with Gasteiger partial charge in [0, 0.05) is 41.9 Å². The van der Waals surface area contributed by atoms with E-state index in [9.17, 15) is 10.2 Å². The first-order valence-corrected chi connectivity index (χ1v) is 16.6. The van der Waals surface area contributed by atoms with Crippen molar-refractivity contribution in [1.82, 2.24) is 9.80 Å². The molecule has 2 atom stereocenters. The first-order valence-electron chi connectivity index (χ1n) is 16.6. The lowest BCUT2D eigenvalue weighted by atomic mass is 9.84. The maximum Gasteiger partial charge on any atom is 0.204 e. The Balaban J connectivity index is 1.50. The summed E-state index contributed by atoms with van der Waals surface area (Å²) in [4.78, 5) is 4.70. The molecule has 4 heterocycles. The first-order chi connectivity index (χ1) is 23.4. The normalized spacial score (nSPS) is 19.0. The van der Waals surface area contributed by atoms with Gasteiger partial charge in [0.1, 0.15) is 11.5 Å². The van der Waals surface area contributed by atoms with E-state index in [-0.39, 0.29) is 25.3 Å². The Morgan fingerprint density at radius 3 is 2.15 bits per heavy atom. The third-order valence-electron chi connectivity index (χ3n) is 10.3. The van der Waals surface area contributed by atoms with Crippen LogP contribution in [0.5, 0.6) is 40.2 Å². The van der Waals surface area contributed by atoms with Crippen LogP contribution in [0, 0.1) is 0 Å². The highest BCUT2D eigenvalue weighted by Crippen LogP contribution is 2.53. The van der Waals surface area contributed by atoms with E-state index >= 15 is 0 Å². The molecule has 0 spiro atoms. The third kappa shape index (κ3) is 5.64. The molecule has 9 nitrogen and oxygen atoms in total. The fourth-order valence-electron chi connectivity index (χ4n) is 7.73. The number of aliphatic hydroxyl groups excluding tert-OH is 2. The second-order valence-corrected chi connectivity index (χ2v) is 13.0. The van der Waals surface area contributed by atoms with Gasteiger partial charge < -0.3 is 33.9 Å². The monoisotopic (exact) mass is 652 g/mol. The maximum absolute atomic E-state index is 10.7. The predicted molar refractivity (Wildman–Crippen MR) is 183 cm³/mol. The lowest BCUT2D eigenvalue weighted by molar-refractivity contribution is 0.214. The van der Waals surface area contributed by atoms with Gasteiger partial charge in [0.15, 0.2) is 23.0 Å². The van der Waals surface area contributed by atoms with Crippen molar-refractivity contribution in [3.05, 3.63) is 99.1 Å². The molecule has 0 saturated heterocycles. The average Bonchev–Trinajstić information content (AvgIpc) is 3.10.